The second-order valence-corrected chi connectivity index (χ2v) is 17.2. The lowest BCUT2D eigenvalue weighted by molar-refractivity contribution is 0.662. The molecule has 0 atom stereocenters. The topological polar surface area (TPSA) is 19.6 Å². The van der Waals surface area contributed by atoms with Crippen LogP contribution in [-0.4, -0.2) is 6.71 Å². The Balaban J connectivity index is 0.945. The summed E-state index contributed by atoms with van der Waals surface area (Å²) in [5, 5.41) is 2.27. The summed E-state index contributed by atoms with van der Waals surface area (Å²) in [5.41, 5.74) is 23.1. The lowest BCUT2D eigenvalue weighted by Crippen LogP contribution is -2.61. The molecule has 2 aliphatic heterocycles. The first-order valence-electron chi connectivity index (χ1n) is 21.3. The molecule has 61 heavy (non-hydrogen) atoms. The molecule has 0 amide bonds. The number of benzene rings is 9. The van der Waals surface area contributed by atoms with Gasteiger partial charge in [0.2, 0.25) is 0 Å². The normalized spacial score (nSPS) is 14.1. The molecule has 0 saturated carbocycles. The van der Waals surface area contributed by atoms with Gasteiger partial charge in [-0.05, 0) is 128 Å². The van der Waals surface area contributed by atoms with E-state index in [-0.39, 0.29) is 12.1 Å². The van der Waals surface area contributed by atoms with Crippen LogP contribution in [0.4, 0.5) is 34.1 Å². The highest BCUT2D eigenvalue weighted by molar-refractivity contribution is 7.00. The number of fused-ring (bicyclic) bond motifs is 10. The first kappa shape index (κ1) is 34.3. The largest absolute Gasteiger partial charge is 0.456 e. The summed E-state index contributed by atoms with van der Waals surface area (Å²) < 4.78 is 6.19. The minimum atomic E-state index is -0.0882. The fourth-order valence-corrected chi connectivity index (χ4v) is 11.0. The smallest absolute Gasteiger partial charge is 0.252 e. The van der Waals surface area contributed by atoms with Gasteiger partial charge in [0, 0.05) is 50.3 Å². The molecule has 3 aliphatic rings. The van der Waals surface area contributed by atoms with Crippen molar-refractivity contribution in [2.75, 3.05) is 9.80 Å². The third-order valence-corrected chi connectivity index (χ3v) is 13.6. The summed E-state index contributed by atoms with van der Waals surface area (Å²) in [7, 11) is 0. The Morgan fingerprint density at radius 1 is 0.410 bits per heavy atom. The minimum absolute atomic E-state index is 0.0844. The van der Waals surface area contributed by atoms with E-state index in [1.165, 1.54) is 72.5 Å². The number of hydrogen-bond donors (Lipinski definition) is 0. The molecule has 0 fully saturated rings. The molecule has 0 spiro atoms. The van der Waals surface area contributed by atoms with Crippen molar-refractivity contribution in [2.24, 2.45) is 0 Å². The highest BCUT2D eigenvalue weighted by Crippen LogP contribution is 2.52. The SMILES string of the molecule is CC1(C)c2ccccc2-c2cccc(-c3ccc(N4c5ccccc5B5c6ccccc6N(c6cccc(-c7ccc8oc9ccccc9c8c7)c6)c6cccc4c65)cc3)c21. The first-order chi connectivity index (χ1) is 30.0. The molecule has 10 aromatic rings. The molecule has 13 rings (SSSR count). The summed E-state index contributed by atoms with van der Waals surface area (Å²) in [4.78, 5) is 4.96. The van der Waals surface area contributed by atoms with E-state index in [9.17, 15) is 0 Å². The quantitative estimate of drug-likeness (QED) is 0.166. The zero-order valence-corrected chi connectivity index (χ0v) is 33.9. The maximum atomic E-state index is 6.19. The van der Waals surface area contributed by atoms with Gasteiger partial charge < -0.3 is 14.2 Å². The molecule has 4 heteroatoms. The first-order valence-corrected chi connectivity index (χ1v) is 21.3. The molecule has 3 heterocycles. The van der Waals surface area contributed by atoms with Crippen molar-refractivity contribution < 1.29 is 4.42 Å². The van der Waals surface area contributed by atoms with Gasteiger partial charge in [0.05, 0.1) is 0 Å². The van der Waals surface area contributed by atoms with Crippen molar-refractivity contribution in [2.45, 2.75) is 19.3 Å². The highest BCUT2D eigenvalue weighted by atomic mass is 16.3. The number of hydrogen-bond acceptors (Lipinski definition) is 3. The molecule has 0 bridgehead atoms. The summed E-state index contributed by atoms with van der Waals surface area (Å²) in [6.45, 7) is 4.82. The maximum absolute atomic E-state index is 6.19. The molecule has 1 aromatic heterocycles. The third kappa shape index (κ3) is 4.88. The van der Waals surface area contributed by atoms with Crippen molar-refractivity contribution in [1.29, 1.82) is 0 Å². The van der Waals surface area contributed by atoms with Crippen LogP contribution in [0.3, 0.4) is 0 Å². The van der Waals surface area contributed by atoms with Gasteiger partial charge in [-0.15, -0.1) is 0 Å². The molecule has 3 nitrogen and oxygen atoms in total. The molecule has 1 aliphatic carbocycles. The second-order valence-electron chi connectivity index (χ2n) is 17.2. The minimum Gasteiger partial charge on any atom is -0.456 e. The predicted molar refractivity (Wildman–Crippen MR) is 256 cm³/mol. The zero-order valence-electron chi connectivity index (χ0n) is 33.9. The Morgan fingerprint density at radius 2 is 0.984 bits per heavy atom. The van der Waals surface area contributed by atoms with Gasteiger partial charge in [0.15, 0.2) is 0 Å². The number of anilines is 6. The average Bonchev–Trinajstić information content (AvgIpc) is 3.80. The Morgan fingerprint density at radius 3 is 1.79 bits per heavy atom. The maximum Gasteiger partial charge on any atom is 0.252 e. The molecular formula is C57H39BN2O. The van der Waals surface area contributed by atoms with Crippen LogP contribution in [0.5, 0.6) is 0 Å². The lowest BCUT2D eigenvalue weighted by atomic mass is 9.33. The van der Waals surface area contributed by atoms with Crippen LogP contribution in [0.2, 0.25) is 0 Å². The van der Waals surface area contributed by atoms with Crippen LogP contribution in [0.15, 0.2) is 205 Å². The second kappa shape index (κ2) is 12.7. The van der Waals surface area contributed by atoms with Crippen LogP contribution in [0.1, 0.15) is 25.0 Å². The van der Waals surface area contributed by atoms with Gasteiger partial charge in [-0.1, -0.05) is 147 Å². The molecule has 0 saturated heterocycles. The molecule has 286 valence electrons. The van der Waals surface area contributed by atoms with E-state index >= 15 is 0 Å². The highest BCUT2D eigenvalue weighted by Gasteiger charge is 2.43. The number of furan rings is 1. The molecular weight excluding hydrogens is 739 g/mol. The van der Waals surface area contributed by atoms with Crippen LogP contribution >= 0.6 is 0 Å². The fraction of sp³-hybridized carbons (Fsp3) is 0.0526. The molecule has 0 N–H and O–H groups in total. The van der Waals surface area contributed by atoms with Gasteiger partial charge in [0.1, 0.15) is 11.2 Å². The van der Waals surface area contributed by atoms with Crippen molar-refractivity contribution in [3.05, 3.63) is 211 Å². The molecule has 0 unspecified atom stereocenters. The van der Waals surface area contributed by atoms with Crippen molar-refractivity contribution in [3.8, 4) is 33.4 Å². The van der Waals surface area contributed by atoms with E-state index in [0.29, 0.717) is 0 Å². The average molecular weight is 779 g/mol. The van der Waals surface area contributed by atoms with Crippen LogP contribution in [0, 0.1) is 0 Å². The van der Waals surface area contributed by atoms with Crippen LogP contribution < -0.4 is 26.2 Å². The lowest BCUT2D eigenvalue weighted by Gasteiger charge is -2.44. The van der Waals surface area contributed by atoms with Gasteiger partial charge >= 0.3 is 0 Å². The summed E-state index contributed by atoms with van der Waals surface area (Å²) in [6, 6.07) is 73.7. The Hall–Kier alpha value is -7.56. The van der Waals surface area contributed by atoms with Gasteiger partial charge in [-0.2, -0.15) is 0 Å². The third-order valence-electron chi connectivity index (χ3n) is 13.6. The van der Waals surface area contributed by atoms with Gasteiger partial charge in [0.25, 0.3) is 6.71 Å². The number of nitrogens with zero attached hydrogens (tertiary/aromatic N) is 2. The van der Waals surface area contributed by atoms with E-state index in [1.54, 1.807) is 0 Å². The number of rotatable bonds is 4. The van der Waals surface area contributed by atoms with E-state index in [4.69, 9.17) is 4.42 Å². The van der Waals surface area contributed by atoms with Crippen LogP contribution in [-0.2, 0) is 5.41 Å². The van der Waals surface area contributed by atoms with Crippen molar-refractivity contribution in [3.63, 3.8) is 0 Å². The summed E-state index contributed by atoms with van der Waals surface area (Å²) >= 11 is 0. The number of para-hydroxylation sites is 3. The van der Waals surface area contributed by atoms with E-state index in [2.05, 4.69) is 212 Å². The predicted octanol–water partition coefficient (Wildman–Crippen LogP) is 13.3. The Labute approximate surface area is 355 Å². The summed E-state index contributed by atoms with van der Waals surface area (Å²) in [5.74, 6) is 0. The van der Waals surface area contributed by atoms with E-state index < -0.39 is 0 Å². The van der Waals surface area contributed by atoms with Gasteiger partial charge in [-0.25, -0.2) is 0 Å². The van der Waals surface area contributed by atoms with Crippen LogP contribution in [0.25, 0.3) is 55.3 Å². The zero-order chi connectivity index (χ0) is 40.4. The summed E-state index contributed by atoms with van der Waals surface area (Å²) in [6.07, 6.45) is 0. The van der Waals surface area contributed by atoms with Gasteiger partial charge in [-0.3, -0.25) is 0 Å². The van der Waals surface area contributed by atoms with Crippen molar-refractivity contribution in [1.82, 2.24) is 0 Å². The Bertz CT molecular complexity index is 3430. The monoisotopic (exact) mass is 778 g/mol. The fourth-order valence-electron chi connectivity index (χ4n) is 11.0. The Kier molecular flexibility index (Phi) is 7.16. The van der Waals surface area contributed by atoms with E-state index in [1.807, 2.05) is 12.1 Å². The van der Waals surface area contributed by atoms with E-state index in [0.717, 1.165) is 44.4 Å². The molecule has 0 radical (unpaired) electrons. The molecule has 9 aromatic carbocycles. The van der Waals surface area contributed by atoms with Crippen molar-refractivity contribution >= 4 is 79.2 Å². The standard InChI is InChI=1S/C57H39BN2O/c1-57(2)46-20-5-3-16-42(46)44-19-12-18-41(55(44)57)36-28-31-39(32-29-36)59-49-23-8-6-21-47(49)58-48-22-7-9-24-50(48)60(52-26-13-25-51(59)56(52)58)40-15-11-14-37(34-40)38-30-33-54-45(35-38)43-17-4-10-27-53(43)61-54/h3-35H,1-2H3.